The van der Waals surface area contributed by atoms with E-state index in [0.717, 1.165) is 28.8 Å². The third kappa shape index (κ3) is 31.8. The third-order valence-electron chi connectivity index (χ3n) is 18.2. The Morgan fingerprint density at radius 1 is 0.368 bits per heavy atom. The fourth-order valence-electron chi connectivity index (χ4n) is 12.3. The van der Waals surface area contributed by atoms with Gasteiger partial charge in [-0.25, -0.2) is 4.79 Å². The molecule has 29 nitrogen and oxygen atoms in total. The number of aromatic hydroxyl groups is 9. The third-order valence-corrected chi connectivity index (χ3v) is 25.9. The van der Waals surface area contributed by atoms with E-state index in [1.807, 2.05) is 83.8 Å². The second kappa shape index (κ2) is 56.9. The van der Waals surface area contributed by atoms with Crippen LogP contribution < -0.4 is 46.7 Å². The Morgan fingerprint density at radius 3 is 0.875 bits per heavy atom. The van der Waals surface area contributed by atoms with E-state index in [1.54, 1.807) is 78.9 Å². The van der Waals surface area contributed by atoms with Crippen molar-refractivity contribution in [1.29, 1.82) is 0 Å². The number of benzene rings is 12. The monoisotopic (exact) mass is 2110 g/mol. The van der Waals surface area contributed by atoms with E-state index < -0.39 is 16.4 Å². The van der Waals surface area contributed by atoms with Crippen LogP contribution in [0.15, 0.2) is 259 Å². The first-order chi connectivity index (χ1) is 64.3. The number of fused-ring (bicyclic) bond motifs is 10. The number of hydrogen-bond acceptors (Lipinski definition) is 32. The van der Waals surface area contributed by atoms with Gasteiger partial charge in [-0.1, -0.05) is 96.2 Å². The maximum absolute atomic E-state index is 12.9. The summed E-state index contributed by atoms with van der Waals surface area (Å²) in [6.45, 7) is 3.75. The van der Waals surface area contributed by atoms with Gasteiger partial charge in [0.2, 0.25) is 0 Å². The number of carbonyl (C=O) groups is 1. The highest BCUT2D eigenvalue weighted by Gasteiger charge is 2.20. The van der Waals surface area contributed by atoms with Gasteiger partial charge < -0.3 is 91.0 Å². The number of aromatic carboxylic acids is 1. The molecule has 717 valence electrons. The van der Waals surface area contributed by atoms with Crippen molar-refractivity contribution >= 4 is 246 Å². The maximum atomic E-state index is 12.9. The molecule has 17 N–H and O–H groups in total. The number of carboxylic acids is 1. The Bertz CT molecular complexity index is 7000. The largest absolute Gasteiger partial charge is 0.508 e. The number of nitrogens with zero attached hydrogens (tertiary/aromatic N) is 1. The molecule has 0 saturated heterocycles. The highest BCUT2D eigenvalue weighted by atomic mass is 79.9. The molecule has 0 spiro atoms. The van der Waals surface area contributed by atoms with Gasteiger partial charge in [0.25, 0.3) is 0 Å². The summed E-state index contributed by atoms with van der Waals surface area (Å²) in [5, 5.41) is 138. The highest BCUT2D eigenvalue weighted by Crippen LogP contribution is 2.42. The molecule has 0 aliphatic heterocycles. The van der Waals surface area contributed by atoms with Crippen LogP contribution in [0.5, 0.6) is 69.0 Å². The average Bonchev–Trinajstić information content (AvgIpc) is 0.771. The van der Waals surface area contributed by atoms with Crippen LogP contribution in [-0.4, -0.2) is 210 Å². The Kier molecular flexibility index (Phi) is 47.4. The van der Waals surface area contributed by atoms with Crippen molar-refractivity contribution in [3.63, 3.8) is 0 Å². The number of aliphatic hydroxyl groups is 4. The number of carboxylic acid groups (broad SMARTS) is 1. The minimum absolute atomic E-state index is 0. The summed E-state index contributed by atoms with van der Waals surface area (Å²) < 4.78 is 55.0. The van der Waals surface area contributed by atoms with Crippen LogP contribution in [0.2, 0.25) is 0 Å². The molecule has 0 fully saturated rings. The number of phenols is 9. The van der Waals surface area contributed by atoms with Crippen LogP contribution in [0.4, 0.5) is 0 Å². The zero-order valence-electron chi connectivity index (χ0n) is 70.8. The number of hydrogen-bond donors (Lipinski definition) is 18. The van der Waals surface area contributed by atoms with E-state index in [2.05, 4.69) is 33.9 Å². The number of ether oxygens (including phenoxy) is 3. The molecular weight excluding hydrogens is 2020 g/mol. The molecule has 3 radical (unpaired) electrons. The molecule has 0 aliphatic rings. The molecule has 12 aromatic carbocycles. The van der Waals surface area contributed by atoms with Crippen molar-refractivity contribution in [2.24, 2.45) is 0 Å². The lowest BCUT2D eigenvalue weighted by Gasteiger charge is -2.20. The fourth-order valence-corrected chi connectivity index (χ4v) is 18.2. The quantitative estimate of drug-likeness (QED) is 0.00641. The Labute approximate surface area is 827 Å². The summed E-state index contributed by atoms with van der Waals surface area (Å²) in [6, 6.07) is 63.5. The summed E-state index contributed by atoms with van der Waals surface area (Å²) >= 11 is 30.2. The first-order valence-corrected chi connectivity index (χ1v) is 48.4. The average molecular weight is 2120 g/mol. The van der Waals surface area contributed by atoms with Crippen molar-refractivity contribution < 1.29 is 108 Å². The Morgan fingerprint density at radius 2 is 0.618 bits per heavy atom. The summed E-state index contributed by atoms with van der Waals surface area (Å²) in [5.41, 5.74) is -0.677. The number of halogens is 4. The van der Waals surface area contributed by atoms with Crippen molar-refractivity contribution in [3.8, 4) is 69.0 Å². The molecule has 0 bridgehead atoms. The standard InChI is InChI=1S/C19H21NO5S.2C15H11ClO3S.2C13H8O3S.C7H6O2S.C6H6O2.C4H11NO2.C2H4BrCl.CH4.B.H2O4S/c21-10-7-20(8-11-22)9-12-25-15-6-5-14(23)19-17(15)18(24)13-3-1-2-4-16(13)26-19;2*16-7-8-19-11-6-5-10(17)15-13(11)14(18)9-3-1-2-4-12(9)20-15;2*14-8-5-6-9(15)13-11(8)12(16)7-3-1-2-4-10(7)17-13;8-7(9)5-3-1-2-4-6(5)10;7-5-1-2-6(8)4-3-5;6-3-1-5-2-4-7;3-1-2-4;;;1-5(2,3)4/h1-6,21-23H,7-12H2;2*1-6,17H,7-8H2;2*1-6,14-15H;1-4,10H,(H,8,9);1-4,7-8H;5-7H,1-4H2;1-2H2;1H4;;(H2,1,2,3,4). The highest BCUT2D eigenvalue weighted by molar-refractivity contribution is 9.09. The number of aliphatic hydroxyl groups excluding tert-OH is 4. The fraction of sp³-hybridized carbons (Fsp3) is 0.179. The molecule has 0 aliphatic carbocycles. The molecule has 5 heterocycles. The first kappa shape index (κ1) is 113. The number of nitrogens with one attached hydrogen (secondary N) is 1. The lowest BCUT2D eigenvalue weighted by Crippen LogP contribution is -2.33. The second-order valence-corrected chi connectivity index (χ2v) is 35.8. The molecule has 0 unspecified atom stereocenters. The van der Waals surface area contributed by atoms with Crippen LogP contribution in [0.25, 0.3) is 101 Å². The summed E-state index contributed by atoms with van der Waals surface area (Å²) in [7, 11) is -4.67. The number of thiol groups is 1. The first-order valence-electron chi connectivity index (χ1n) is 39.7. The zero-order valence-corrected chi connectivity index (χ0v) is 80.5. The van der Waals surface area contributed by atoms with Crippen LogP contribution in [0.1, 0.15) is 17.8 Å². The predicted octanol–water partition coefficient (Wildman–Crippen LogP) is 17.5. The zero-order chi connectivity index (χ0) is 97.7. The van der Waals surface area contributed by atoms with Gasteiger partial charge in [-0.15, -0.1) is 104 Å². The summed E-state index contributed by atoms with van der Waals surface area (Å²) in [6.07, 6.45) is 0. The lowest BCUT2D eigenvalue weighted by molar-refractivity contribution is 0.0692. The SMILES string of the molecule is C.ClCCBr.O=C(O)c1ccccc1S.O=S(=O)(O)O.O=c1c2ccccc2sc2c(O)ccc(O)c12.O=c1c2ccccc2sc2c(O)ccc(O)c12.O=c1c2ccccc2sc2c(O)ccc(OCCCl)c12.O=c1c2ccccc2sc2c(O)ccc(OCCCl)c12.O=c1c2ccccc2sc2c(O)ccc(OCCN(CCO)CCO)c12.OCCNCCO.Oc1ccc(O)cc1.[B]. The predicted molar refractivity (Wildman–Crippen MR) is 557 cm³/mol. The molecule has 0 saturated carbocycles. The number of rotatable bonds is 20. The van der Waals surface area contributed by atoms with Gasteiger partial charge in [0.05, 0.1) is 94.2 Å². The molecule has 136 heavy (non-hydrogen) atoms. The van der Waals surface area contributed by atoms with Crippen LogP contribution >= 0.6 is 120 Å². The van der Waals surface area contributed by atoms with Crippen molar-refractivity contribution in [1.82, 2.24) is 10.2 Å². The van der Waals surface area contributed by atoms with Crippen LogP contribution in [0, 0.1) is 0 Å². The van der Waals surface area contributed by atoms with Crippen molar-refractivity contribution in [2.45, 2.75) is 12.3 Å². The van der Waals surface area contributed by atoms with E-state index in [4.69, 9.17) is 102 Å². The molecule has 17 aromatic rings. The maximum Gasteiger partial charge on any atom is 0.394 e. The van der Waals surface area contributed by atoms with Crippen molar-refractivity contribution in [2.75, 3.05) is 102 Å². The molecule has 41 heteroatoms. The molecule has 5 aromatic heterocycles. The van der Waals surface area contributed by atoms with Gasteiger partial charge in [-0.05, 0) is 158 Å². The van der Waals surface area contributed by atoms with Crippen LogP contribution in [-0.2, 0) is 10.4 Å². The molecule has 0 atom stereocenters. The second-order valence-electron chi connectivity index (χ2n) is 27.2. The molecule has 0 amide bonds. The van der Waals surface area contributed by atoms with Gasteiger partial charge in [0.1, 0.15) is 88.8 Å². The van der Waals surface area contributed by atoms with Gasteiger partial charge in [-0.3, -0.25) is 38.0 Å². The van der Waals surface area contributed by atoms with E-state index in [9.17, 15) is 64.5 Å². The van der Waals surface area contributed by atoms with Gasteiger partial charge in [0.15, 0.2) is 27.1 Å². The molecular formula is C95H92BBrCl3N2O27S7. The van der Waals surface area contributed by atoms with E-state index in [1.165, 1.54) is 129 Å². The number of phenolic OH excluding ortho intramolecular Hbond substituents is 9. The minimum atomic E-state index is -4.67. The smallest absolute Gasteiger partial charge is 0.394 e. The summed E-state index contributed by atoms with van der Waals surface area (Å²) in [5.74, 6) is 2.23. The van der Waals surface area contributed by atoms with E-state index >= 15 is 0 Å². The van der Waals surface area contributed by atoms with Gasteiger partial charge in [-0.2, -0.15) is 8.42 Å². The Balaban J connectivity index is 0.000000241. The van der Waals surface area contributed by atoms with Crippen molar-refractivity contribution in [3.05, 3.63) is 287 Å². The summed E-state index contributed by atoms with van der Waals surface area (Å²) in [4.78, 5) is 75.3. The normalized spacial score (nSPS) is 10.6. The van der Waals surface area contributed by atoms with E-state index in [0.29, 0.717) is 159 Å². The topological polar surface area (TPSA) is 503 Å². The van der Waals surface area contributed by atoms with E-state index in [-0.39, 0.29) is 137 Å². The molecule has 17 rings (SSSR count). The van der Waals surface area contributed by atoms with Gasteiger partial charge >= 0.3 is 16.4 Å². The number of alkyl halides is 4. The minimum Gasteiger partial charge on any atom is -0.508 e. The lowest BCUT2D eigenvalue weighted by atomic mass is 10.1. The van der Waals surface area contributed by atoms with Gasteiger partial charge in [0, 0.05) is 108 Å². The van der Waals surface area contributed by atoms with Crippen LogP contribution in [0.3, 0.4) is 0 Å². The Hall–Kier alpha value is -11.4.